The van der Waals surface area contributed by atoms with Gasteiger partial charge in [-0.25, -0.2) is 0 Å². The van der Waals surface area contributed by atoms with Gasteiger partial charge in [-0.05, 0) is 102 Å². The van der Waals surface area contributed by atoms with E-state index in [-0.39, 0.29) is 0 Å². The van der Waals surface area contributed by atoms with E-state index >= 15 is 0 Å². The van der Waals surface area contributed by atoms with E-state index in [1.807, 2.05) is 27.7 Å². The third kappa shape index (κ3) is 22.8. The van der Waals surface area contributed by atoms with Gasteiger partial charge in [0, 0.05) is 25.0 Å². The van der Waals surface area contributed by atoms with Gasteiger partial charge in [0.15, 0.2) is 12.6 Å². The second-order valence-electron chi connectivity index (χ2n) is 10.9. The quantitative estimate of drug-likeness (QED) is 0.262. The maximum Gasteiger partial charge on any atom is 0.154 e. The lowest BCUT2D eigenvalue weighted by Crippen LogP contribution is -2.17. The third-order valence-electron chi connectivity index (χ3n) is 7.89. The van der Waals surface area contributed by atoms with E-state index in [1.54, 1.807) is 0 Å². The van der Waals surface area contributed by atoms with E-state index in [4.69, 9.17) is 19.7 Å². The van der Waals surface area contributed by atoms with Gasteiger partial charge >= 0.3 is 0 Å². The van der Waals surface area contributed by atoms with Crippen molar-refractivity contribution in [2.45, 2.75) is 170 Å². The minimum absolute atomic E-state index is 0.464. The van der Waals surface area contributed by atoms with Gasteiger partial charge in [0.2, 0.25) is 0 Å². The Labute approximate surface area is 251 Å². The Balaban J connectivity index is 0. The van der Waals surface area contributed by atoms with Gasteiger partial charge in [-0.15, -0.1) is 13.2 Å². The van der Waals surface area contributed by atoms with Gasteiger partial charge in [-0.1, -0.05) is 79.1 Å². The lowest BCUT2D eigenvalue weighted by molar-refractivity contribution is -0.123. The fraction of sp³-hybridized carbons (Fsp3) is 0.889. The average Bonchev–Trinajstić information content (AvgIpc) is 3.02. The number of hydrogen-bond acceptors (Lipinski definition) is 4. The number of rotatable bonds is 4. The van der Waals surface area contributed by atoms with Crippen molar-refractivity contribution < 1.29 is 19.7 Å². The zero-order chi connectivity index (χ0) is 30.4. The molecule has 4 fully saturated rings. The molecule has 0 radical (unpaired) electrons. The van der Waals surface area contributed by atoms with Gasteiger partial charge in [0.05, 0.1) is 0 Å². The van der Waals surface area contributed by atoms with Crippen LogP contribution < -0.4 is 0 Å². The second kappa shape index (κ2) is 31.1. The van der Waals surface area contributed by atoms with Gasteiger partial charge in [0.1, 0.15) is 0 Å². The summed E-state index contributed by atoms with van der Waals surface area (Å²) >= 11 is 0. The Morgan fingerprint density at radius 3 is 1.07 bits per heavy atom. The molecule has 2 saturated carbocycles. The van der Waals surface area contributed by atoms with Crippen molar-refractivity contribution in [2.75, 3.05) is 13.2 Å². The van der Waals surface area contributed by atoms with Crippen molar-refractivity contribution in [3.63, 3.8) is 0 Å². The van der Waals surface area contributed by atoms with Gasteiger partial charge < -0.3 is 19.7 Å². The monoisotopic (exact) mass is 567 g/mol. The first-order valence-corrected chi connectivity index (χ1v) is 17.2. The maximum atomic E-state index is 8.69. The van der Waals surface area contributed by atoms with Crippen LogP contribution in [-0.4, -0.2) is 36.0 Å². The van der Waals surface area contributed by atoms with Crippen LogP contribution in [0.1, 0.15) is 157 Å². The molecule has 0 bridgehead atoms. The van der Waals surface area contributed by atoms with Crippen molar-refractivity contribution in [3.05, 3.63) is 13.2 Å². The molecule has 0 aromatic carbocycles. The summed E-state index contributed by atoms with van der Waals surface area (Å²) in [6.45, 7) is 20.1. The lowest BCUT2D eigenvalue weighted by Gasteiger charge is -2.26. The van der Waals surface area contributed by atoms with Crippen LogP contribution in [0.2, 0.25) is 0 Å². The molecule has 4 nitrogen and oxygen atoms in total. The molecule has 2 aliphatic carbocycles. The molecule has 0 amide bonds. The van der Waals surface area contributed by atoms with Crippen molar-refractivity contribution in [2.24, 2.45) is 23.7 Å². The first-order chi connectivity index (χ1) is 19.6. The van der Waals surface area contributed by atoms with Crippen LogP contribution in [0.15, 0.2) is 13.2 Å². The highest BCUT2D eigenvalue weighted by Crippen LogP contribution is 2.33. The summed E-state index contributed by atoms with van der Waals surface area (Å²) in [5.41, 5.74) is 0. The molecule has 0 spiro atoms. The summed E-state index contributed by atoms with van der Waals surface area (Å²) in [4.78, 5) is 0. The van der Waals surface area contributed by atoms with Gasteiger partial charge in [0.25, 0.3) is 0 Å². The highest BCUT2D eigenvalue weighted by molar-refractivity contribution is 5.09. The van der Waals surface area contributed by atoms with Crippen molar-refractivity contribution in [3.8, 4) is 11.8 Å². The fourth-order valence-corrected chi connectivity index (χ4v) is 5.69. The molecule has 2 unspecified atom stereocenters. The second-order valence-corrected chi connectivity index (χ2v) is 10.9. The highest BCUT2D eigenvalue weighted by atomic mass is 16.6. The molecule has 2 heterocycles. The van der Waals surface area contributed by atoms with E-state index in [0.29, 0.717) is 0 Å². The summed E-state index contributed by atoms with van der Waals surface area (Å²) in [7, 11) is 0. The van der Waals surface area contributed by atoms with E-state index in [9.17, 15) is 0 Å². The number of aliphatic hydroxyl groups is 2. The zero-order valence-electron chi connectivity index (χ0n) is 27.7. The Bertz CT molecular complexity index is 495. The molecule has 4 rings (SSSR count). The predicted molar refractivity (Wildman–Crippen MR) is 174 cm³/mol. The average molecular weight is 567 g/mol. The Morgan fingerprint density at radius 2 is 0.875 bits per heavy atom. The van der Waals surface area contributed by atoms with Crippen LogP contribution in [0.5, 0.6) is 0 Å². The van der Waals surface area contributed by atoms with E-state index in [1.165, 1.54) is 77.0 Å². The minimum Gasteiger partial charge on any atom is -0.368 e. The molecule has 2 N–H and O–H groups in total. The summed E-state index contributed by atoms with van der Waals surface area (Å²) in [5, 5.41) is 17.4. The normalized spacial score (nSPS) is 29.1. The van der Waals surface area contributed by atoms with E-state index in [0.717, 1.165) is 75.4 Å². The molecule has 0 aromatic heterocycles. The van der Waals surface area contributed by atoms with Crippen molar-refractivity contribution in [1.29, 1.82) is 0 Å². The van der Waals surface area contributed by atoms with Gasteiger partial charge in [-0.2, -0.15) is 0 Å². The summed E-state index contributed by atoms with van der Waals surface area (Å²) in [5.74, 6) is 10.8. The topological polar surface area (TPSA) is 58.9 Å². The SMILES string of the molecule is C=C.CC.CC.CCCC1CCC(C#CC2CCC(CCC)CC2)CC1.OC1CCCCO1.OC1CCCCO1. The Kier molecular flexibility index (Phi) is 32.1. The van der Waals surface area contributed by atoms with Crippen LogP contribution in [0, 0.1) is 35.5 Å². The van der Waals surface area contributed by atoms with Crippen LogP contribution in [0.4, 0.5) is 0 Å². The molecule has 0 aromatic rings. The smallest absolute Gasteiger partial charge is 0.154 e. The first kappa shape index (κ1) is 41.3. The van der Waals surface area contributed by atoms with E-state index in [2.05, 4.69) is 38.8 Å². The fourth-order valence-electron chi connectivity index (χ4n) is 5.69. The summed E-state index contributed by atoms with van der Waals surface area (Å²) in [6, 6.07) is 0. The van der Waals surface area contributed by atoms with E-state index < -0.39 is 12.6 Å². The standard InChI is InChI=1S/C20H34.2C5H10O2.2C2H6.C2H4/c1-3-5-17-7-11-19(12-8-17)15-16-20-13-9-18(6-4-2)10-14-20;2*6-5-3-1-2-4-7-5;3*1-2/h17-20H,3-14H2,1-2H3;2*5-6H,1-4H2;2*1-2H3;1-2H2. The largest absolute Gasteiger partial charge is 0.368 e. The highest BCUT2D eigenvalue weighted by Gasteiger charge is 2.21. The summed E-state index contributed by atoms with van der Waals surface area (Å²) in [6.07, 6.45) is 22.0. The van der Waals surface area contributed by atoms with Crippen molar-refractivity contribution >= 4 is 0 Å². The molecule has 4 heteroatoms. The van der Waals surface area contributed by atoms with Crippen LogP contribution >= 0.6 is 0 Å². The zero-order valence-corrected chi connectivity index (χ0v) is 27.7. The molecule has 238 valence electrons. The Morgan fingerprint density at radius 1 is 0.550 bits per heavy atom. The minimum atomic E-state index is -0.464. The molecule has 4 aliphatic rings. The summed E-state index contributed by atoms with van der Waals surface area (Å²) < 4.78 is 9.67. The molecule has 2 saturated heterocycles. The van der Waals surface area contributed by atoms with Crippen LogP contribution in [-0.2, 0) is 9.47 Å². The molecular weight excluding hydrogens is 496 g/mol. The molecule has 2 aliphatic heterocycles. The molecule has 40 heavy (non-hydrogen) atoms. The lowest BCUT2D eigenvalue weighted by atomic mass is 9.78. The number of ether oxygens (including phenoxy) is 2. The predicted octanol–water partition coefficient (Wildman–Crippen LogP) is 10.1. The Hall–Kier alpha value is -0.860. The van der Waals surface area contributed by atoms with Crippen LogP contribution in [0.25, 0.3) is 0 Å². The maximum absolute atomic E-state index is 8.69. The molecular formula is C36H70O4. The first-order valence-electron chi connectivity index (χ1n) is 17.2. The number of aliphatic hydroxyl groups excluding tert-OH is 2. The number of hydrogen-bond donors (Lipinski definition) is 2. The third-order valence-corrected chi connectivity index (χ3v) is 7.89. The van der Waals surface area contributed by atoms with Crippen molar-refractivity contribution in [1.82, 2.24) is 0 Å². The molecule has 2 atom stereocenters. The van der Waals surface area contributed by atoms with Crippen LogP contribution in [0.3, 0.4) is 0 Å². The van der Waals surface area contributed by atoms with Gasteiger partial charge in [-0.3, -0.25) is 0 Å².